The quantitative estimate of drug-likeness (QED) is 0.798. The monoisotopic (exact) mass is 293 g/mol. The number of nitrogens with two attached hydrogens (primary N) is 1. The van der Waals surface area contributed by atoms with Crippen LogP contribution >= 0.6 is 0 Å². The second-order valence-corrected chi connectivity index (χ2v) is 6.07. The van der Waals surface area contributed by atoms with Crippen LogP contribution in [-0.2, 0) is 12.8 Å². The van der Waals surface area contributed by atoms with E-state index < -0.39 is 0 Å². The molecule has 1 aromatic carbocycles. The first-order chi connectivity index (χ1) is 10.7. The first-order valence-electron chi connectivity index (χ1n) is 7.99. The molecule has 2 heteroatoms. The standard InChI is InChI=1S/C20H23NO/c1-14(2)15-11-12-18-16-8-5-6-10-19(16)22-20(18)17(15)9-4-3-7-13-21/h3-4,6-7,10-14H,5,8-9,21H2,1-2H3/b4-3-,13-7-. The third kappa shape index (κ3) is 2.61. The first kappa shape index (κ1) is 14.7. The Bertz CT molecular complexity index is 760. The van der Waals surface area contributed by atoms with Crippen molar-refractivity contribution < 1.29 is 4.42 Å². The van der Waals surface area contributed by atoms with Crippen molar-refractivity contribution in [3.8, 4) is 0 Å². The second kappa shape index (κ2) is 6.27. The van der Waals surface area contributed by atoms with Gasteiger partial charge >= 0.3 is 0 Å². The van der Waals surface area contributed by atoms with Crippen LogP contribution in [0.3, 0.4) is 0 Å². The second-order valence-electron chi connectivity index (χ2n) is 6.07. The average molecular weight is 293 g/mol. The van der Waals surface area contributed by atoms with Crippen LogP contribution in [0.5, 0.6) is 0 Å². The van der Waals surface area contributed by atoms with E-state index in [0.717, 1.165) is 30.6 Å². The summed E-state index contributed by atoms with van der Waals surface area (Å²) in [7, 11) is 0. The highest BCUT2D eigenvalue weighted by Crippen LogP contribution is 2.36. The maximum atomic E-state index is 6.21. The molecule has 0 aliphatic heterocycles. The Morgan fingerprint density at radius 2 is 2.14 bits per heavy atom. The zero-order chi connectivity index (χ0) is 15.5. The van der Waals surface area contributed by atoms with Crippen LogP contribution in [0.25, 0.3) is 17.0 Å². The van der Waals surface area contributed by atoms with Gasteiger partial charge in [-0.3, -0.25) is 0 Å². The minimum absolute atomic E-state index is 0.482. The van der Waals surface area contributed by atoms with Crippen LogP contribution in [0.15, 0.2) is 47.1 Å². The number of hydrogen-bond donors (Lipinski definition) is 1. The number of benzene rings is 1. The van der Waals surface area contributed by atoms with Gasteiger partial charge in [0.15, 0.2) is 0 Å². The maximum Gasteiger partial charge on any atom is 0.138 e. The van der Waals surface area contributed by atoms with E-state index in [1.54, 1.807) is 6.20 Å². The van der Waals surface area contributed by atoms with E-state index in [1.165, 1.54) is 22.1 Å². The molecule has 0 spiro atoms. The molecule has 0 fully saturated rings. The third-order valence-corrected chi connectivity index (χ3v) is 4.26. The molecule has 0 unspecified atom stereocenters. The number of furan rings is 1. The number of hydrogen-bond acceptors (Lipinski definition) is 2. The SMILES string of the molecule is CC(C)c1ccc2c3c(oc2c1C/C=C\C=C/N)C=CCC3. The lowest BCUT2D eigenvalue weighted by atomic mass is 9.91. The molecule has 0 amide bonds. The van der Waals surface area contributed by atoms with Gasteiger partial charge in [-0.1, -0.05) is 44.2 Å². The molecule has 1 heterocycles. The topological polar surface area (TPSA) is 39.2 Å². The van der Waals surface area contributed by atoms with Crippen molar-refractivity contribution in [3.63, 3.8) is 0 Å². The lowest BCUT2D eigenvalue weighted by Gasteiger charge is -2.12. The molecule has 0 atom stereocenters. The fourth-order valence-electron chi connectivity index (χ4n) is 3.19. The highest BCUT2D eigenvalue weighted by Gasteiger charge is 2.19. The number of rotatable bonds is 4. The highest BCUT2D eigenvalue weighted by atomic mass is 16.3. The van der Waals surface area contributed by atoms with Crippen LogP contribution in [-0.4, -0.2) is 0 Å². The molecule has 0 saturated heterocycles. The zero-order valence-corrected chi connectivity index (χ0v) is 13.3. The normalized spacial score (nSPS) is 14.7. The molecule has 2 nitrogen and oxygen atoms in total. The summed E-state index contributed by atoms with van der Waals surface area (Å²) >= 11 is 0. The molecule has 1 aliphatic rings. The highest BCUT2D eigenvalue weighted by molar-refractivity contribution is 5.88. The molecular formula is C20H23NO. The van der Waals surface area contributed by atoms with Crippen molar-refractivity contribution in [2.75, 3.05) is 0 Å². The molecular weight excluding hydrogens is 270 g/mol. The summed E-state index contributed by atoms with van der Waals surface area (Å²) in [5.74, 6) is 1.52. The van der Waals surface area contributed by atoms with Gasteiger partial charge in [-0.25, -0.2) is 0 Å². The molecule has 1 aromatic heterocycles. The molecule has 2 aromatic rings. The molecule has 1 aliphatic carbocycles. The van der Waals surface area contributed by atoms with Crippen molar-refractivity contribution in [1.82, 2.24) is 0 Å². The van der Waals surface area contributed by atoms with Crippen LogP contribution in [0.1, 0.15) is 48.6 Å². The Balaban J connectivity index is 2.14. The molecule has 3 rings (SSSR count). The van der Waals surface area contributed by atoms with E-state index in [9.17, 15) is 0 Å². The summed E-state index contributed by atoms with van der Waals surface area (Å²) in [4.78, 5) is 0. The van der Waals surface area contributed by atoms with Gasteiger partial charge in [-0.05, 0) is 49.1 Å². The lowest BCUT2D eigenvalue weighted by Crippen LogP contribution is -1.96. The van der Waals surface area contributed by atoms with Gasteiger partial charge in [-0.15, -0.1) is 0 Å². The third-order valence-electron chi connectivity index (χ3n) is 4.26. The zero-order valence-electron chi connectivity index (χ0n) is 13.3. The number of allylic oxidation sites excluding steroid dienone is 4. The van der Waals surface area contributed by atoms with E-state index in [2.05, 4.69) is 44.2 Å². The predicted octanol–water partition coefficient (Wildman–Crippen LogP) is 5.09. The maximum absolute atomic E-state index is 6.21. The van der Waals surface area contributed by atoms with Crippen molar-refractivity contribution in [3.05, 3.63) is 65.1 Å². The fourth-order valence-corrected chi connectivity index (χ4v) is 3.19. The minimum atomic E-state index is 0.482. The van der Waals surface area contributed by atoms with E-state index in [0.29, 0.717) is 5.92 Å². The summed E-state index contributed by atoms with van der Waals surface area (Å²) in [5, 5.41) is 1.28. The van der Waals surface area contributed by atoms with E-state index in [-0.39, 0.29) is 0 Å². The van der Waals surface area contributed by atoms with Crippen molar-refractivity contribution in [1.29, 1.82) is 0 Å². The molecule has 2 N–H and O–H groups in total. The summed E-state index contributed by atoms with van der Waals surface area (Å²) in [6.45, 7) is 4.47. The van der Waals surface area contributed by atoms with Crippen molar-refractivity contribution in [2.24, 2.45) is 5.73 Å². The number of fused-ring (bicyclic) bond motifs is 3. The van der Waals surface area contributed by atoms with Crippen molar-refractivity contribution in [2.45, 2.75) is 39.0 Å². The summed E-state index contributed by atoms with van der Waals surface area (Å²) in [6.07, 6.45) is 14.9. The molecule has 0 saturated carbocycles. The van der Waals surface area contributed by atoms with Gasteiger partial charge in [0, 0.05) is 16.5 Å². The molecule has 22 heavy (non-hydrogen) atoms. The Kier molecular flexibility index (Phi) is 4.19. The summed E-state index contributed by atoms with van der Waals surface area (Å²) in [5.41, 5.74) is 10.5. The molecule has 114 valence electrons. The van der Waals surface area contributed by atoms with Crippen LogP contribution in [0.2, 0.25) is 0 Å². The summed E-state index contributed by atoms with van der Waals surface area (Å²) in [6, 6.07) is 4.50. The van der Waals surface area contributed by atoms with E-state index in [4.69, 9.17) is 10.2 Å². The molecule has 0 radical (unpaired) electrons. The fraction of sp³-hybridized carbons (Fsp3) is 0.300. The van der Waals surface area contributed by atoms with Crippen molar-refractivity contribution >= 4 is 17.0 Å². The largest absolute Gasteiger partial charge is 0.456 e. The summed E-state index contributed by atoms with van der Waals surface area (Å²) < 4.78 is 6.21. The van der Waals surface area contributed by atoms with Crippen LogP contribution < -0.4 is 5.73 Å². The Hall–Kier alpha value is -2.22. The lowest BCUT2D eigenvalue weighted by molar-refractivity contribution is 0.591. The van der Waals surface area contributed by atoms with Gasteiger partial charge in [0.2, 0.25) is 0 Å². The molecule has 0 bridgehead atoms. The van der Waals surface area contributed by atoms with Gasteiger partial charge in [0.1, 0.15) is 11.3 Å². The van der Waals surface area contributed by atoms with Crippen LogP contribution in [0.4, 0.5) is 0 Å². The Labute approximate surface area is 132 Å². The smallest absolute Gasteiger partial charge is 0.138 e. The Morgan fingerprint density at radius 1 is 1.27 bits per heavy atom. The van der Waals surface area contributed by atoms with E-state index in [1.807, 2.05) is 12.2 Å². The van der Waals surface area contributed by atoms with Gasteiger partial charge in [0.25, 0.3) is 0 Å². The first-order valence-corrected chi connectivity index (χ1v) is 7.99. The predicted molar refractivity (Wildman–Crippen MR) is 93.8 cm³/mol. The van der Waals surface area contributed by atoms with Gasteiger partial charge < -0.3 is 10.2 Å². The van der Waals surface area contributed by atoms with Gasteiger partial charge in [0.05, 0.1) is 0 Å². The minimum Gasteiger partial charge on any atom is -0.456 e. The Morgan fingerprint density at radius 3 is 2.91 bits per heavy atom. The van der Waals surface area contributed by atoms with E-state index >= 15 is 0 Å². The average Bonchev–Trinajstić information content (AvgIpc) is 2.90. The van der Waals surface area contributed by atoms with Crippen LogP contribution in [0, 0.1) is 0 Å². The van der Waals surface area contributed by atoms with Gasteiger partial charge in [-0.2, -0.15) is 0 Å². The number of aryl methyl sites for hydroxylation is 1.